The predicted molar refractivity (Wildman–Crippen MR) is 177 cm³/mol. The number of hydrogen-bond donors (Lipinski definition) is 7. The molecular formula is C34H44N8O3. The van der Waals surface area contributed by atoms with E-state index in [1.165, 1.54) is 0 Å². The van der Waals surface area contributed by atoms with Crippen molar-refractivity contribution in [2.24, 2.45) is 33.8 Å². The SMILES string of the molecule is N=C(N)c1ccc(C[C@H](C(=O)N[C@H](C(=O)N[C@@H](CCCN=C(N)N)C(N)=O)C2CCCCC2)c2ccc3ccccc3c2)cc1. The number of amidine groups is 1. The molecule has 0 unspecified atom stereocenters. The van der Waals surface area contributed by atoms with Crippen molar-refractivity contribution < 1.29 is 14.4 Å². The lowest BCUT2D eigenvalue weighted by Crippen LogP contribution is -2.56. The quantitative estimate of drug-likeness (QED) is 0.0824. The zero-order valence-corrected chi connectivity index (χ0v) is 25.5. The Labute approximate surface area is 263 Å². The Bertz CT molecular complexity index is 1530. The molecule has 0 saturated heterocycles. The highest BCUT2D eigenvalue weighted by atomic mass is 16.2. The van der Waals surface area contributed by atoms with E-state index >= 15 is 0 Å². The van der Waals surface area contributed by atoms with Crippen LogP contribution in [0.3, 0.4) is 0 Å². The second-order valence-electron chi connectivity index (χ2n) is 11.8. The molecule has 0 aliphatic heterocycles. The van der Waals surface area contributed by atoms with Gasteiger partial charge in [0.25, 0.3) is 0 Å². The number of nitrogens with one attached hydrogen (secondary N) is 3. The van der Waals surface area contributed by atoms with Crippen molar-refractivity contribution in [1.82, 2.24) is 10.6 Å². The fourth-order valence-corrected chi connectivity index (χ4v) is 6.01. The Balaban J connectivity index is 1.61. The van der Waals surface area contributed by atoms with Gasteiger partial charge in [0.1, 0.15) is 17.9 Å². The molecule has 3 atom stereocenters. The first-order valence-corrected chi connectivity index (χ1v) is 15.5. The van der Waals surface area contributed by atoms with Crippen LogP contribution < -0.4 is 33.6 Å². The molecule has 0 heterocycles. The van der Waals surface area contributed by atoms with E-state index in [1.54, 1.807) is 12.1 Å². The second-order valence-corrected chi connectivity index (χ2v) is 11.8. The summed E-state index contributed by atoms with van der Waals surface area (Å²) in [5.74, 6) is -2.14. The van der Waals surface area contributed by atoms with Crippen LogP contribution in [-0.4, -0.2) is 48.1 Å². The number of benzene rings is 3. The van der Waals surface area contributed by atoms with Crippen LogP contribution in [0, 0.1) is 11.3 Å². The Morgan fingerprint density at radius 1 is 0.844 bits per heavy atom. The zero-order chi connectivity index (χ0) is 32.3. The topological polar surface area (TPSA) is 216 Å². The van der Waals surface area contributed by atoms with Crippen LogP contribution in [0.4, 0.5) is 0 Å². The van der Waals surface area contributed by atoms with E-state index in [1.807, 2.05) is 54.6 Å². The summed E-state index contributed by atoms with van der Waals surface area (Å²) in [6.07, 6.45) is 5.64. The lowest BCUT2D eigenvalue weighted by Gasteiger charge is -2.32. The summed E-state index contributed by atoms with van der Waals surface area (Å²) in [7, 11) is 0. The fraction of sp³-hybridized carbons (Fsp3) is 0.382. The maximum Gasteiger partial charge on any atom is 0.243 e. The summed E-state index contributed by atoms with van der Waals surface area (Å²) in [6, 6.07) is 19.4. The number of nitrogens with two attached hydrogens (primary N) is 4. The number of nitrogens with zero attached hydrogens (tertiary/aromatic N) is 1. The van der Waals surface area contributed by atoms with Crippen LogP contribution in [0.25, 0.3) is 10.8 Å². The van der Waals surface area contributed by atoms with Gasteiger partial charge in [-0.1, -0.05) is 86.0 Å². The van der Waals surface area contributed by atoms with E-state index in [9.17, 15) is 14.4 Å². The molecule has 238 valence electrons. The van der Waals surface area contributed by atoms with E-state index in [0.29, 0.717) is 24.9 Å². The minimum Gasteiger partial charge on any atom is -0.384 e. The molecule has 11 nitrogen and oxygen atoms in total. The van der Waals surface area contributed by atoms with E-state index in [2.05, 4.69) is 15.6 Å². The molecule has 0 radical (unpaired) electrons. The van der Waals surface area contributed by atoms with Gasteiger partial charge in [-0.3, -0.25) is 24.8 Å². The molecule has 1 fully saturated rings. The molecular weight excluding hydrogens is 568 g/mol. The Hall–Kier alpha value is -4.93. The minimum atomic E-state index is -0.925. The maximum absolute atomic E-state index is 14.2. The monoisotopic (exact) mass is 612 g/mol. The first kappa shape index (κ1) is 33.0. The van der Waals surface area contributed by atoms with E-state index < -0.39 is 29.8 Å². The van der Waals surface area contributed by atoms with Gasteiger partial charge in [-0.05, 0) is 59.9 Å². The largest absolute Gasteiger partial charge is 0.384 e. The predicted octanol–water partition coefficient (Wildman–Crippen LogP) is 2.54. The zero-order valence-electron chi connectivity index (χ0n) is 25.5. The van der Waals surface area contributed by atoms with Gasteiger partial charge in [-0.15, -0.1) is 0 Å². The Morgan fingerprint density at radius 3 is 2.18 bits per heavy atom. The lowest BCUT2D eigenvalue weighted by molar-refractivity contribution is -0.133. The fourth-order valence-electron chi connectivity index (χ4n) is 6.01. The lowest BCUT2D eigenvalue weighted by atomic mass is 9.82. The summed E-state index contributed by atoms with van der Waals surface area (Å²) in [5, 5.41) is 15.7. The van der Waals surface area contributed by atoms with Gasteiger partial charge in [0.15, 0.2) is 5.96 Å². The van der Waals surface area contributed by atoms with Crippen molar-refractivity contribution >= 4 is 40.3 Å². The molecule has 0 bridgehead atoms. The number of guanidine groups is 1. The summed E-state index contributed by atoms with van der Waals surface area (Å²) >= 11 is 0. The average Bonchev–Trinajstić information content (AvgIpc) is 3.03. The number of carbonyl (C=O) groups excluding carboxylic acids is 3. The molecule has 3 aromatic rings. The number of hydrogen-bond acceptors (Lipinski definition) is 5. The Morgan fingerprint density at radius 2 is 1.53 bits per heavy atom. The third-order valence-corrected chi connectivity index (χ3v) is 8.50. The highest BCUT2D eigenvalue weighted by molar-refractivity contribution is 5.95. The molecule has 3 aromatic carbocycles. The van der Waals surface area contributed by atoms with Gasteiger partial charge in [-0.25, -0.2) is 0 Å². The summed E-state index contributed by atoms with van der Waals surface area (Å²) < 4.78 is 0. The molecule has 1 aliphatic rings. The van der Waals surface area contributed by atoms with Crippen LogP contribution in [-0.2, 0) is 20.8 Å². The number of carbonyl (C=O) groups is 3. The summed E-state index contributed by atoms with van der Waals surface area (Å²) in [6.45, 7) is 0.297. The van der Waals surface area contributed by atoms with Gasteiger partial charge < -0.3 is 33.6 Å². The molecule has 0 aromatic heterocycles. The first-order chi connectivity index (χ1) is 21.6. The van der Waals surface area contributed by atoms with Gasteiger partial charge in [0.2, 0.25) is 17.7 Å². The Kier molecular flexibility index (Phi) is 11.5. The standard InChI is InChI=1S/C34H44N8O3/c35-30(36)24-14-12-21(13-15-24)19-27(26-17-16-22-7-4-5-10-25(22)20-26)32(44)42-29(23-8-2-1-3-9-23)33(45)41-28(31(37)43)11-6-18-40-34(38)39/h4-5,7,10,12-17,20,23,27-29H,1-3,6,8-9,11,18-19H2,(H3,35,36)(H2,37,43)(H,41,45)(H,42,44)(H4,38,39,40)/t27-,28-,29-/m0/s1. The van der Waals surface area contributed by atoms with Gasteiger partial charge in [0.05, 0.1) is 5.92 Å². The van der Waals surface area contributed by atoms with Crippen LogP contribution >= 0.6 is 0 Å². The normalized spacial score (nSPS) is 15.4. The summed E-state index contributed by atoms with van der Waals surface area (Å²) in [4.78, 5) is 44.2. The molecule has 1 aliphatic carbocycles. The number of nitrogen functional groups attached to an aromatic ring is 1. The van der Waals surface area contributed by atoms with Crippen LogP contribution in [0.2, 0.25) is 0 Å². The maximum atomic E-state index is 14.2. The molecule has 11 N–H and O–H groups in total. The number of rotatable bonds is 14. The van der Waals surface area contributed by atoms with Crippen LogP contribution in [0.5, 0.6) is 0 Å². The molecule has 45 heavy (non-hydrogen) atoms. The number of aliphatic imine (C=N–C) groups is 1. The van der Waals surface area contributed by atoms with Crippen LogP contribution in [0.15, 0.2) is 71.7 Å². The number of primary amides is 1. The van der Waals surface area contributed by atoms with Crippen LogP contribution in [0.1, 0.15) is 67.6 Å². The van der Waals surface area contributed by atoms with Crippen molar-refractivity contribution in [1.29, 1.82) is 5.41 Å². The molecule has 3 amide bonds. The molecule has 0 spiro atoms. The number of amides is 3. The highest BCUT2D eigenvalue weighted by Gasteiger charge is 2.35. The average molecular weight is 613 g/mol. The van der Waals surface area contributed by atoms with Crippen molar-refractivity contribution in [3.63, 3.8) is 0 Å². The third-order valence-electron chi connectivity index (χ3n) is 8.50. The van der Waals surface area contributed by atoms with Gasteiger partial charge in [-0.2, -0.15) is 0 Å². The minimum absolute atomic E-state index is 0.0304. The van der Waals surface area contributed by atoms with Gasteiger partial charge in [0, 0.05) is 12.1 Å². The highest BCUT2D eigenvalue weighted by Crippen LogP contribution is 2.29. The van der Waals surface area contributed by atoms with Crippen molar-refractivity contribution in [2.75, 3.05) is 6.54 Å². The van der Waals surface area contributed by atoms with Crippen molar-refractivity contribution in [3.8, 4) is 0 Å². The van der Waals surface area contributed by atoms with E-state index in [0.717, 1.165) is 54.0 Å². The smallest absolute Gasteiger partial charge is 0.243 e. The molecule has 4 rings (SSSR count). The third kappa shape index (κ3) is 9.28. The van der Waals surface area contributed by atoms with Crippen molar-refractivity contribution in [3.05, 3.63) is 83.4 Å². The molecule has 1 saturated carbocycles. The van der Waals surface area contributed by atoms with E-state index in [-0.39, 0.29) is 30.0 Å². The first-order valence-electron chi connectivity index (χ1n) is 15.5. The summed E-state index contributed by atoms with van der Waals surface area (Å²) in [5.41, 5.74) is 24.4. The van der Waals surface area contributed by atoms with E-state index in [4.69, 9.17) is 28.3 Å². The van der Waals surface area contributed by atoms with Gasteiger partial charge >= 0.3 is 0 Å². The second kappa shape index (κ2) is 15.7. The molecule has 11 heteroatoms. The number of fused-ring (bicyclic) bond motifs is 1. The van der Waals surface area contributed by atoms with Crippen molar-refractivity contribution in [2.45, 2.75) is 69.4 Å².